The Morgan fingerprint density at radius 2 is 1.40 bits per heavy atom. The van der Waals surface area contributed by atoms with Crippen LogP contribution in [0.4, 0.5) is 8.63 Å². The van der Waals surface area contributed by atoms with Crippen molar-refractivity contribution in [2.24, 2.45) is 0 Å². The number of nitrogens with one attached hydrogen (secondary N) is 2. The maximum Gasteiger partial charge on any atom is 0.796 e. The molecule has 2 heterocycles. The summed E-state index contributed by atoms with van der Waals surface area (Å²) in [5.74, 6) is -0.672. The maximum absolute atomic E-state index is 12.8. The lowest BCUT2D eigenvalue weighted by molar-refractivity contribution is -0.110. The van der Waals surface area contributed by atoms with Crippen molar-refractivity contribution in [1.29, 1.82) is 0 Å². The number of rotatable bonds is 7. The van der Waals surface area contributed by atoms with Crippen molar-refractivity contribution in [2.75, 3.05) is 0 Å². The highest BCUT2D eigenvalue weighted by Gasteiger charge is 2.18. The van der Waals surface area contributed by atoms with Gasteiger partial charge in [0.2, 0.25) is 0 Å². The summed E-state index contributed by atoms with van der Waals surface area (Å²) in [6, 6.07) is 15.1. The molecule has 0 amide bonds. The van der Waals surface area contributed by atoms with E-state index in [1.54, 1.807) is 18.3 Å². The summed E-state index contributed by atoms with van der Waals surface area (Å²) in [5, 5.41) is 1.91. The molecule has 0 aliphatic carbocycles. The normalized spacial score (nSPS) is 12.4. The van der Waals surface area contributed by atoms with E-state index in [1.807, 2.05) is 54.7 Å². The van der Waals surface area contributed by atoms with Crippen LogP contribution in [-0.2, 0) is 9.45 Å². The molecule has 0 saturated carbocycles. The Morgan fingerprint density at radius 1 is 0.833 bits per heavy atom. The summed E-state index contributed by atoms with van der Waals surface area (Å²) in [7, 11) is -3.03. The molecule has 0 radical (unpaired) electrons. The molecule has 0 aliphatic rings. The molecule has 2 aromatic heterocycles. The van der Waals surface area contributed by atoms with E-state index in [0.717, 1.165) is 39.0 Å². The number of hydrogen-bond acceptors (Lipinski definition) is 2. The Kier molecular flexibility index (Phi) is 5.61. The smallest absolute Gasteiger partial charge is 0.505 e. The van der Waals surface area contributed by atoms with Crippen LogP contribution in [0.5, 0.6) is 0 Å². The number of hydrogen-bond donors (Lipinski definition) is 2. The molecule has 4 rings (SSSR count). The van der Waals surface area contributed by atoms with Gasteiger partial charge < -0.3 is 14.6 Å². The molecular formula is C23H17BF2N2O2. The van der Waals surface area contributed by atoms with Gasteiger partial charge in [0, 0.05) is 40.3 Å². The Bertz CT molecular complexity index is 1280. The van der Waals surface area contributed by atoms with E-state index in [-0.39, 0.29) is 5.76 Å². The highest BCUT2D eigenvalue weighted by molar-refractivity contribution is 6.35. The largest absolute Gasteiger partial charge is 0.796 e. The number of carbonyl (C=O) groups excluding carboxylic acids is 1. The third kappa shape index (κ3) is 4.41. The zero-order valence-corrected chi connectivity index (χ0v) is 15.8. The summed E-state index contributed by atoms with van der Waals surface area (Å²) in [6.45, 7) is 0. The highest BCUT2D eigenvalue weighted by atomic mass is 19.2. The number of aromatic amines is 2. The number of ketones is 1. The second kappa shape index (κ2) is 8.65. The number of fused-ring (bicyclic) bond motifs is 2. The number of halogens is 2. The van der Waals surface area contributed by atoms with Crippen LogP contribution in [0, 0.1) is 0 Å². The van der Waals surface area contributed by atoms with Gasteiger partial charge in [-0.15, -0.1) is 0 Å². The Hall–Kier alpha value is -3.87. The quantitative estimate of drug-likeness (QED) is 0.179. The number of benzene rings is 2. The van der Waals surface area contributed by atoms with Crippen LogP contribution >= 0.6 is 0 Å². The molecule has 0 fully saturated rings. The SMILES string of the molecule is O=C(/C=C(/C=C/c1cccc2[nH]ccc12)OB(F)F)/C=C/c1cccc2[nH]ccc12. The lowest BCUT2D eigenvalue weighted by Gasteiger charge is -2.03. The van der Waals surface area contributed by atoms with Gasteiger partial charge in [0.05, 0.1) is 0 Å². The van der Waals surface area contributed by atoms with Crippen molar-refractivity contribution in [3.05, 3.63) is 96.0 Å². The van der Waals surface area contributed by atoms with E-state index in [2.05, 4.69) is 14.6 Å². The number of allylic oxidation sites excluding steroid dienone is 3. The average Bonchev–Trinajstić information content (AvgIpc) is 3.39. The Labute approximate surface area is 171 Å². The van der Waals surface area contributed by atoms with E-state index in [1.165, 1.54) is 12.2 Å². The molecule has 148 valence electrons. The van der Waals surface area contributed by atoms with Crippen LogP contribution in [0.3, 0.4) is 0 Å². The molecule has 4 nitrogen and oxygen atoms in total. The van der Waals surface area contributed by atoms with Crippen molar-refractivity contribution >= 4 is 47.2 Å². The summed E-state index contributed by atoms with van der Waals surface area (Å²) < 4.78 is 30.2. The predicted octanol–water partition coefficient (Wildman–Crippen LogP) is 5.77. The van der Waals surface area contributed by atoms with E-state index in [9.17, 15) is 13.4 Å². The lowest BCUT2D eigenvalue weighted by atomic mass is 10.1. The predicted molar refractivity (Wildman–Crippen MR) is 117 cm³/mol. The minimum absolute atomic E-state index is 0.216. The first-order valence-electron chi connectivity index (χ1n) is 9.29. The standard InChI is InChI=1S/C23H17BF2N2O2/c25-24(26)30-19(10-8-17-4-2-6-23-21(17)12-14-28-23)15-18(29)9-7-16-3-1-5-22-20(16)11-13-27-22/h1-15,27-28H/b9-7+,10-8+,19-15-. The third-order valence-corrected chi connectivity index (χ3v) is 4.62. The fraction of sp³-hybridized carbons (Fsp3) is 0. The lowest BCUT2D eigenvalue weighted by Crippen LogP contribution is -2.04. The van der Waals surface area contributed by atoms with Crippen LogP contribution in [0.1, 0.15) is 11.1 Å². The van der Waals surface area contributed by atoms with Gasteiger partial charge >= 0.3 is 7.47 Å². The van der Waals surface area contributed by atoms with Gasteiger partial charge in [0.1, 0.15) is 5.76 Å². The van der Waals surface area contributed by atoms with Crippen LogP contribution in [0.15, 0.2) is 84.9 Å². The summed E-state index contributed by atoms with van der Waals surface area (Å²) in [6.07, 6.45) is 10.7. The first-order valence-corrected chi connectivity index (χ1v) is 9.29. The van der Waals surface area contributed by atoms with Crippen molar-refractivity contribution in [3.8, 4) is 0 Å². The van der Waals surface area contributed by atoms with Gasteiger partial charge in [-0.25, -0.2) is 8.63 Å². The molecule has 0 bridgehead atoms. The summed E-state index contributed by atoms with van der Waals surface area (Å²) in [4.78, 5) is 18.5. The van der Waals surface area contributed by atoms with Gasteiger partial charge in [0.25, 0.3) is 0 Å². The minimum Gasteiger partial charge on any atom is -0.505 e. The molecule has 0 spiro atoms. The fourth-order valence-electron chi connectivity index (χ4n) is 3.27. The molecule has 0 aliphatic heterocycles. The second-order valence-electron chi connectivity index (χ2n) is 6.57. The maximum atomic E-state index is 12.8. The van der Waals surface area contributed by atoms with Crippen molar-refractivity contribution in [3.63, 3.8) is 0 Å². The minimum atomic E-state index is -3.03. The van der Waals surface area contributed by atoms with E-state index < -0.39 is 13.3 Å². The van der Waals surface area contributed by atoms with Crippen LogP contribution < -0.4 is 0 Å². The topological polar surface area (TPSA) is 57.9 Å². The molecule has 0 saturated heterocycles. The summed E-state index contributed by atoms with van der Waals surface area (Å²) >= 11 is 0. The van der Waals surface area contributed by atoms with Gasteiger partial charge in [-0.3, -0.25) is 4.79 Å². The Balaban J connectivity index is 1.57. The monoisotopic (exact) mass is 402 g/mol. The summed E-state index contributed by atoms with van der Waals surface area (Å²) in [5.41, 5.74) is 3.54. The molecule has 0 atom stereocenters. The molecular weight excluding hydrogens is 385 g/mol. The van der Waals surface area contributed by atoms with Crippen molar-refractivity contribution in [1.82, 2.24) is 9.97 Å². The zero-order valence-electron chi connectivity index (χ0n) is 15.8. The molecule has 2 aromatic carbocycles. The average molecular weight is 402 g/mol. The zero-order chi connectivity index (χ0) is 20.9. The number of aromatic nitrogens is 2. The van der Waals surface area contributed by atoms with Gasteiger partial charge in [0.15, 0.2) is 5.78 Å². The van der Waals surface area contributed by atoms with Crippen LogP contribution in [0.2, 0.25) is 0 Å². The first kappa shape index (κ1) is 19.5. The molecule has 30 heavy (non-hydrogen) atoms. The molecule has 4 aromatic rings. The van der Waals surface area contributed by atoms with Crippen LogP contribution in [0.25, 0.3) is 34.0 Å². The fourth-order valence-corrected chi connectivity index (χ4v) is 3.27. The molecule has 7 heteroatoms. The molecule has 0 unspecified atom stereocenters. The van der Waals surface area contributed by atoms with E-state index in [0.29, 0.717) is 0 Å². The molecule has 2 N–H and O–H groups in total. The first-order chi connectivity index (χ1) is 14.6. The van der Waals surface area contributed by atoms with Crippen molar-refractivity contribution < 1.29 is 18.1 Å². The Morgan fingerprint density at radius 3 is 1.97 bits per heavy atom. The van der Waals surface area contributed by atoms with E-state index in [4.69, 9.17) is 0 Å². The third-order valence-electron chi connectivity index (χ3n) is 4.62. The van der Waals surface area contributed by atoms with Gasteiger partial charge in [-0.1, -0.05) is 36.4 Å². The number of carbonyl (C=O) groups is 1. The van der Waals surface area contributed by atoms with Gasteiger partial charge in [-0.2, -0.15) is 0 Å². The van der Waals surface area contributed by atoms with Gasteiger partial charge in [-0.05, 0) is 47.5 Å². The highest BCUT2D eigenvalue weighted by Crippen LogP contribution is 2.20. The van der Waals surface area contributed by atoms with Crippen LogP contribution in [-0.4, -0.2) is 23.2 Å². The van der Waals surface area contributed by atoms with E-state index >= 15 is 0 Å². The van der Waals surface area contributed by atoms with Crippen molar-refractivity contribution in [2.45, 2.75) is 0 Å². The second-order valence-corrected chi connectivity index (χ2v) is 6.57. The number of H-pyrrole nitrogens is 2.